The molecule has 1 atom stereocenters. The molecule has 8 heteroatoms. The van der Waals surface area contributed by atoms with Gasteiger partial charge in [-0.15, -0.1) is 0 Å². The Morgan fingerprint density at radius 3 is 2.86 bits per heavy atom. The second kappa shape index (κ2) is 6.68. The highest BCUT2D eigenvalue weighted by Crippen LogP contribution is 2.27. The molecule has 0 bridgehead atoms. The van der Waals surface area contributed by atoms with E-state index in [9.17, 15) is 8.42 Å². The summed E-state index contributed by atoms with van der Waals surface area (Å²) >= 11 is 1.80. The summed E-state index contributed by atoms with van der Waals surface area (Å²) in [7, 11) is -3.49. The number of sulfonamides is 1. The molecular formula is C13H24N4O2S2. The number of nitrogens with zero attached hydrogens (tertiary/aromatic N) is 2. The molecule has 21 heavy (non-hydrogen) atoms. The van der Waals surface area contributed by atoms with E-state index >= 15 is 0 Å². The minimum absolute atomic E-state index is 0.0222. The Hall–Kier alpha value is -0.570. The molecule has 1 aromatic heterocycles. The van der Waals surface area contributed by atoms with Crippen LogP contribution in [0.4, 0.5) is 0 Å². The van der Waals surface area contributed by atoms with E-state index in [0.717, 1.165) is 11.5 Å². The van der Waals surface area contributed by atoms with Crippen molar-refractivity contribution in [3.8, 4) is 0 Å². The molecule has 1 aromatic rings. The third kappa shape index (κ3) is 3.61. The molecule has 2 heterocycles. The minimum Gasteiger partial charge on any atom is -0.309 e. The predicted molar refractivity (Wildman–Crippen MR) is 86.0 cm³/mol. The second-order valence-corrected chi connectivity index (χ2v) is 8.68. The summed E-state index contributed by atoms with van der Waals surface area (Å²) in [5.74, 6) is 1.69. The molecule has 6 nitrogen and oxygen atoms in total. The van der Waals surface area contributed by atoms with Crippen molar-refractivity contribution in [2.24, 2.45) is 0 Å². The van der Waals surface area contributed by atoms with Gasteiger partial charge in [0, 0.05) is 36.7 Å². The highest BCUT2D eigenvalue weighted by molar-refractivity contribution is 7.99. The van der Waals surface area contributed by atoms with E-state index in [-0.39, 0.29) is 12.1 Å². The van der Waals surface area contributed by atoms with Gasteiger partial charge in [-0.2, -0.15) is 21.2 Å². The van der Waals surface area contributed by atoms with Gasteiger partial charge < -0.3 is 5.32 Å². The second-order valence-electron chi connectivity index (χ2n) is 5.70. The molecule has 0 saturated carbocycles. The number of thioether (sulfide) groups is 1. The first kappa shape index (κ1) is 16.8. The lowest BCUT2D eigenvalue weighted by atomic mass is 10.3. The minimum atomic E-state index is -3.49. The van der Waals surface area contributed by atoms with Crippen LogP contribution in [0.2, 0.25) is 0 Å². The van der Waals surface area contributed by atoms with Crippen molar-refractivity contribution in [2.45, 2.75) is 51.2 Å². The molecule has 0 radical (unpaired) electrons. The molecule has 1 unspecified atom stereocenters. The van der Waals surface area contributed by atoms with Gasteiger partial charge in [-0.05, 0) is 13.8 Å². The van der Waals surface area contributed by atoms with Gasteiger partial charge in [0.05, 0.1) is 11.4 Å². The average molecular weight is 332 g/mol. The number of H-pyrrole nitrogens is 1. The fourth-order valence-corrected chi connectivity index (χ4v) is 5.60. The van der Waals surface area contributed by atoms with Crippen LogP contribution >= 0.6 is 11.8 Å². The first-order valence-corrected chi connectivity index (χ1v) is 9.80. The smallest absolute Gasteiger partial charge is 0.247 e. The van der Waals surface area contributed by atoms with Crippen LogP contribution in [0.5, 0.6) is 0 Å². The van der Waals surface area contributed by atoms with Crippen molar-refractivity contribution in [1.82, 2.24) is 19.8 Å². The largest absolute Gasteiger partial charge is 0.309 e. The molecule has 0 amide bonds. The normalized spacial score (nSPS) is 21.1. The van der Waals surface area contributed by atoms with E-state index in [2.05, 4.69) is 15.5 Å². The monoisotopic (exact) mass is 332 g/mol. The van der Waals surface area contributed by atoms with E-state index < -0.39 is 10.0 Å². The summed E-state index contributed by atoms with van der Waals surface area (Å²) in [5, 5.41) is 10.2. The van der Waals surface area contributed by atoms with Gasteiger partial charge in [0.15, 0.2) is 0 Å². The Bertz CT molecular complexity index is 583. The lowest BCUT2D eigenvalue weighted by molar-refractivity contribution is 0.367. The quantitative estimate of drug-likeness (QED) is 0.851. The predicted octanol–water partition coefficient (Wildman–Crippen LogP) is 1.34. The third-order valence-electron chi connectivity index (χ3n) is 3.51. The Labute approximate surface area is 131 Å². The maximum Gasteiger partial charge on any atom is 0.247 e. The van der Waals surface area contributed by atoms with Gasteiger partial charge in [-0.3, -0.25) is 5.10 Å². The number of hydrogen-bond donors (Lipinski definition) is 2. The number of hydrogen-bond acceptors (Lipinski definition) is 5. The number of nitrogens with one attached hydrogen (secondary N) is 2. The summed E-state index contributed by atoms with van der Waals surface area (Å²) in [6, 6.07) is 0.303. The van der Waals surface area contributed by atoms with E-state index in [1.54, 1.807) is 23.0 Å². The molecule has 0 aliphatic carbocycles. The lowest BCUT2D eigenvalue weighted by Crippen LogP contribution is -2.44. The number of aryl methyl sites for hydroxylation is 1. The standard InChI is InChI=1S/C13H24N4O2S2/c1-9(2)14-7-12-13(11(4)15-16-12)21(18,19)17-5-6-20-8-10(17)3/h9-10,14H,5-8H2,1-4H3,(H,15,16). The van der Waals surface area contributed by atoms with Crippen molar-refractivity contribution in [1.29, 1.82) is 0 Å². The molecule has 0 aromatic carbocycles. The summed E-state index contributed by atoms with van der Waals surface area (Å²) in [5.41, 5.74) is 1.19. The summed E-state index contributed by atoms with van der Waals surface area (Å²) < 4.78 is 27.6. The number of aromatic nitrogens is 2. The van der Waals surface area contributed by atoms with Gasteiger partial charge >= 0.3 is 0 Å². The third-order valence-corrected chi connectivity index (χ3v) is 6.92. The molecule has 0 spiro atoms. The highest BCUT2D eigenvalue weighted by atomic mass is 32.2. The molecule has 2 N–H and O–H groups in total. The molecule has 1 fully saturated rings. The Kier molecular flexibility index (Phi) is 5.34. The molecule has 2 rings (SSSR count). The maximum atomic E-state index is 13.0. The van der Waals surface area contributed by atoms with Crippen LogP contribution in [0.1, 0.15) is 32.2 Å². The van der Waals surface area contributed by atoms with Gasteiger partial charge in [0.2, 0.25) is 10.0 Å². The molecule has 120 valence electrons. The van der Waals surface area contributed by atoms with Crippen LogP contribution in [0, 0.1) is 6.92 Å². The van der Waals surface area contributed by atoms with Gasteiger partial charge in [0.25, 0.3) is 0 Å². The Morgan fingerprint density at radius 2 is 2.24 bits per heavy atom. The van der Waals surface area contributed by atoms with Crippen LogP contribution < -0.4 is 5.32 Å². The zero-order valence-corrected chi connectivity index (χ0v) is 14.6. The van der Waals surface area contributed by atoms with Gasteiger partial charge in [-0.1, -0.05) is 13.8 Å². The van der Waals surface area contributed by atoms with Crippen LogP contribution in [-0.4, -0.2) is 53.1 Å². The van der Waals surface area contributed by atoms with E-state index in [4.69, 9.17) is 0 Å². The van der Waals surface area contributed by atoms with E-state index in [1.165, 1.54) is 0 Å². The molecule has 1 saturated heterocycles. The van der Waals surface area contributed by atoms with Gasteiger partial charge in [-0.25, -0.2) is 8.42 Å². The Morgan fingerprint density at radius 1 is 1.52 bits per heavy atom. The first-order valence-electron chi connectivity index (χ1n) is 7.21. The van der Waals surface area contributed by atoms with Crippen LogP contribution in [-0.2, 0) is 16.6 Å². The summed E-state index contributed by atoms with van der Waals surface area (Å²) in [6.07, 6.45) is 0. The summed E-state index contributed by atoms with van der Waals surface area (Å²) in [4.78, 5) is 0.342. The topological polar surface area (TPSA) is 78.1 Å². The summed E-state index contributed by atoms with van der Waals surface area (Å²) in [6.45, 7) is 8.80. The van der Waals surface area contributed by atoms with Crippen LogP contribution in [0.25, 0.3) is 0 Å². The number of rotatable bonds is 5. The molecule has 1 aliphatic rings. The van der Waals surface area contributed by atoms with Crippen molar-refractivity contribution in [3.05, 3.63) is 11.4 Å². The van der Waals surface area contributed by atoms with E-state index in [0.29, 0.717) is 29.4 Å². The fourth-order valence-electron chi connectivity index (χ4n) is 2.42. The van der Waals surface area contributed by atoms with Crippen molar-refractivity contribution in [3.63, 3.8) is 0 Å². The molecule has 1 aliphatic heterocycles. The maximum absolute atomic E-state index is 13.0. The highest BCUT2D eigenvalue weighted by Gasteiger charge is 2.35. The Balaban J connectivity index is 2.33. The average Bonchev–Trinajstić information content (AvgIpc) is 2.78. The van der Waals surface area contributed by atoms with Crippen LogP contribution in [0.3, 0.4) is 0 Å². The van der Waals surface area contributed by atoms with Crippen molar-refractivity contribution >= 4 is 21.8 Å². The first-order chi connectivity index (χ1) is 9.84. The zero-order chi connectivity index (χ0) is 15.6. The van der Waals surface area contributed by atoms with Gasteiger partial charge in [0.1, 0.15) is 4.90 Å². The number of aromatic amines is 1. The lowest BCUT2D eigenvalue weighted by Gasteiger charge is -2.32. The van der Waals surface area contributed by atoms with E-state index in [1.807, 2.05) is 20.8 Å². The zero-order valence-electron chi connectivity index (χ0n) is 13.0. The SMILES string of the molecule is Cc1[nH]nc(CNC(C)C)c1S(=O)(=O)N1CCSCC1C. The van der Waals surface area contributed by atoms with Crippen LogP contribution in [0.15, 0.2) is 4.90 Å². The van der Waals surface area contributed by atoms with Crippen molar-refractivity contribution < 1.29 is 8.42 Å². The van der Waals surface area contributed by atoms with Crippen molar-refractivity contribution in [2.75, 3.05) is 18.1 Å². The fraction of sp³-hybridized carbons (Fsp3) is 0.769. The molecular weight excluding hydrogens is 308 g/mol.